The molecule has 7 heteroatoms. The molecule has 1 aliphatic heterocycles. The Hall–Kier alpha value is -4.23. The normalized spacial score (nSPS) is 13.8. The second kappa shape index (κ2) is 13.4. The van der Waals surface area contributed by atoms with Crippen LogP contribution in [-0.2, 0) is 6.54 Å². The Bertz CT molecular complexity index is 1660. The van der Waals surface area contributed by atoms with Gasteiger partial charge < -0.3 is 10.2 Å². The number of aryl methyl sites for hydroxylation is 1. The van der Waals surface area contributed by atoms with Crippen LogP contribution in [0.2, 0.25) is 5.02 Å². The fraction of sp³-hybridized carbons (Fsp3) is 0.222. The topological polar surface area (TPSA) is 53.4 Å². The van der Waals surface area contributed by atoms with Crippen LogP contribution in [-0.4, -0.2) is 59.7 Å². The molecule has 0 amide bonds. The molecule has 2 heterocycles. The lowest BCUT2D eigenvalue weighted by Crippen LogP contribution is -2.48. The molecule has 43 heavy (non-hydrogen) atoms. The summed E-state index contributed by atoms with van der Waals surface area (Å²) in [5, 5.41) is 9.43. The van der Waals surface area contributed by atoms with Gasteiger partial charge in [0.1, 0.15) is 0 Å². The number of hydrogen-bond donors (Lipinski definition) is 1. The lowest BCUT2D eigenvalue weighted by atomic mass is 9.96. The van der Waals surface area contributed by atoms with E-state index >= 15 is 0 Å². The minimum Gasteiger partial charge on any atom is -0.369 e. The van der Waals surface area contributed by atoms with Crippen molar-refractivity contribution in [1.82, 2.24) is 20.0 Å². The van der Waals surface area contributed by atoms with Gasteiger partial charge in [-0.05, 0) is 49.4 Å². The maximum absolute atomic E-state index is 14.2. The molecule has 1 fully saturated rings. The van der Waals surface area contributed by atoms with E-state index in [2.05, 4.69) is 27.2 Å². The fourth-order valence-corrected chi connectivity index (χ4v) is 5.83. The molecule has 1 aromatic heterocycles. The molecule has 1 saturated heterocycles. The predicted molar refractivity (Wildman–Crippen MR) is 175 cm³/mol. The minimum atomic E-state index is -0.0140. The predicted octanol–water partition coefficient (Wildman–Crippen LogP) is 6.64. The largest absolute Gasteiger partial charge is 0.369 e. The van der Waals surface area contributed by atoms with Crippen LogP contribution in [0, 0.1) is 6.92 Å². The lowest BCUT2D eigenvalue weighted by Gasteiger charge is -2.36. The Morgan fingerprint density at radius 1 is 0.814 bits per heavy atom. The van der Waals surface area contributed by atoms with Gasteiger partial charge in [-0.25, -0.2) is 4.68 Å². The van der Waals surface area contributed by atoms with Crippen molar-refractivity contribution < 1.29 is 4.79 Å². The van der Waals surface area contributed by atoms with E-state index in [1.807, 2.05) is 109 Å². The van der Waals surface area contributed by atoms with Gasteiger partial charge in [-0.1, -0.05) is 83.9 Å². The van der Waals surface area contributed by atoms with E-state index in [1.54, 1.807) is 0 Å². The number of halogens is 1. The Labute approximate surface area is 258 Å². The number of benzene rings is 4. The lowest BCUT2D eigenvalue weighted by molar-refractivity contribution is 0.103. The smallest absolute Gasteiger partial charge is 0.197 e. The summed E-state index contributed by atoms with van der Waals surface area (Å²) in [5.41, 5.74) is 7.03. The van der Waals surface area contributed by atoms with Gasteiger partial charge in [0.15, 0.2) is 5.78 Å². The minimum absolute atomic E-state index is 0.0140. The molecule has 0 spiro atoms. The number of nitrogens with one attached hydrogen (secondary N) is 1. The van der Waals surface area contributed by atoms with Crippen LogP contribution in [0.3, 0.4) is 0 Å². The van der Waals surface area contributed by atoms with Gasteiger partial charge in [0.05, 0.1) is 22.6 Å². The van der Waals surface area contributed by atoms with Crippen molar-refractivity contribution in [3.8, 4) is 16.9 Å². The second-order valence-corrected chi connectivity index (χ2v) is 11.4. The first-order chi connectivity index (χ1) is 21.1. The van der Waals surface area contributed by atoms with Crippen LogP contribution >= 0.6 is 11.6 Å². The second-order valence-electron chi connectivity index (χ2n) is 11.0. The highest BCUT2D eigenvalue weighted by Gasteiger charge is 2.26. The molecule has 1 N–H and O–H groups in total. The van der Waals surface area contributed by atoms with Gasteiger partial charge in [0.25, 0.3) is 0 Å². The molecule has 1 aliphatic rings. The van der Waals surface area contributed by atoms with Gasteiger partial charge in [0.2, 0.25) is 0 Å². The summed E-state index contributed by atoms with van der Waals surface area (Å²) in [4.78, 5) is 19.1. The molecule has 6 rings (SSSR count). The Morgan fingerprint density at radius 3 is 2.21 bits per heavy atom. The summed E-state index contributed by atoms with van der Waals surface area (Å²) in [6.45, 7) is 8.22. The molecule has 0 radical (unpaired) electrons. The van der Waals surface area contributed by atoms with Crippen molar-refractivity contribution in [3.63, 3.8) is 0 Å². The van der Waals surface area contributed by atoms with E-state index in [1.165, 1.54) is 5.69 Å². The molecule has 0 unspecified atom stereocenters. The van der Waals surface area contributed by atoms with E-state index in [0.29, 0.717) is 17.7 Å². The number of para-hydroxylation sites is 1. The quantitative estimate of drug-likeness (QED) is 0.146. The van der Waals surface area contributed by atoms with Crippen LogP contribution in [0.25, 0.3) is 16.9 Å². The number of aromatic nitrogens is 2. The van der Waals surface area contributed by atoms with Gasteiger partial charge in [-0.2, -0.15) is 5.10 Å². The number of carbonyl (C=O) groups is 1. The Kier molecular flexibility index (Phi) is 8.99. The molecular weight excluding hydrogens is 554 g/mol. The molecular formula is C36H36ClN5O. The third-order valence-electron chi connectivity index (χ3n) is 7.97. The maximum Gasteiger partial charge on any atom is 0.197 e. The SMILES string of the molecule is Cc1cccc(C(=O)c2c(CNCCN3CCN(c4ccc(Cl)cc4)CC3)nn(-c3ccccc3)c2-c2ccccc2)c1. The average molecular weight is 590 g/mol. The average Bonchev–Trinajstić information content (AvgIpc) is 3.44. The zero-order valence-electron chi connectivity index (χ0n) is 24.4. The van der Waals surface area contributed by atoms with E-state index < -0.39 is 0 Å². The number of anilines is 1. The van der Waals surface area contributed by atoms with Gasteiger partial charge in [-0.3, -0.25) is 9.69 Å². The Morgan fingerprint density at radius 2 is 1.51 bits per heavy atom. The highest BCUT2D eigenvalue weighted by Crippen LogP contribution is 2.31. The number of rotatable bonds is 10. The number of ketones is 1. The first-order valence-corrected chi connectivity index (χ1v) is 15.2. The number of hydrogen-bond acceptors (Lipinski definition) is 5. The van der Waals surface area contributed by atoms with Crippen LogP contribution in [0.15, 0.2) is 109 Å². The van der Waals surface area contributed by atoms with Crippen LogP contribution < -0.4 is 10.2 Å². The summed E-state index contributed by atoms with van der Waals surface area (Å²) in [7, 11) is 0. The maximum atomic E-state index is 14.2. The molecule has 218 valence electrons. The molecule has 5 aromatic rings. The van der Waals surface area contributed by atoms with Crippen molar-refractivity contribution in [2.45, 2.75) is 13.5 Å². The third-order valence-corrected chi connectivity index (χ3v) is 8.23. The third kappa shape index (κ3) is 6.73. The van der Waals surface area contributed by atoms with Crippen LogP contribution in [0.5, 0.6) is 0 Å². The van der Waals surface area contributed by atoms with Crippen LogP contribution in [0.1, 0.15) is 27.2 Å². The standard InChI is InChI=1S/C36H36ClN5O/c1-27-9-8-12-29(25-27)36(43)34-33(39-42(32-13-6-3-7-14-32)35(34)28-10-4-2-5-11-28)26-38-19-20-40-21-23-41(24-22-40)31-17-15-30(37)16-18-31/h2-18,25,38H,19-24,26H2,1H3. The zero-order chi connectivity index (χ0) is 29.6. The first kappa shape index (κ1) is 28.9. The van der Waals surface area contributed by atoms with Crippen molar-refractivity contribution in [3.05, 3.63) is 137 Å². The highest BCUT2D eigenvalue weighted by atomic mass is 35.5. The van der Waals surface area contributed by atoms with Crippen molar-refractivity contribution in [2.75, 3.05) is 44.2 Å². The van der Waals surface area contributed by atoms with E-state index in [4.69, 9.17) is 16.7 Å². The summed E-state index contributed by atoms with van der Waals surface area (Å²) in [6, 6.07) is 36.0. The summed E-state index contributed by atoms with van der Waals surface area (Å²) in [6.07, 6.45) is 0. The van der Waals surface area contributed by atoms with Gasteiger partial charge in [0, 0.05) is 67.7 Å². The van der Waals surface area contributed by atoms with Gasteiger partial charge in [-0.15, -0.1) is 0 Å². The summed E-state index contributed by atoms with van der Waals surface area (Å²) < 4.78 is 1.92. The molecule has 6 nitrogen and oxygen atoms in total. The number of carbonyl (C=O) groups excluding carboxylic acids is 1. The summed E-state index contributed by atoms with van der Waals surface area (Å²) in [5.74, 6) is -0.0140. The summed E-state index contributed by atoms with van der Waals surface area (Å²) >= 11 is 6.07. The van der Waals surface area contributed by atoms with Crippen molar-refractivity contribution >= 4 is 23.1 Å². The highest BCUT2D eigenvalue weighted by molar-refractivity contribution is 6.30. The molecule has 0 atom stereocenters. The molecule has 4 aromatic carbocycles. The Balaban J connectivity index is 1.22. The van der Waals surface area contributed by atoms with Gasteiger partial charge >= 0.3 is 0 Å². The van der Waals surface area contributed by atoms with Crippen molar-refractivity contribution in [1.29, 1.82) is 0 Å². The monoisotopic (exact) mass is 589 g/mol. The van der Waals surface area contributed by atoms with E-state index in [0.717, 1.165) is 72.5 Å². The fourth-order valence-electron chi connectivity index (χ4n) is 5.70. The van der Waals surface area contributed by atoms with Crippen molar-refractivity contribution in [2.24, 2.45) is 0 Å². The molecule has 0 aliphatic carbocycles. The molecule has 0 bridgehead atoms. The van der Waals surface area contributed by atoms with E-state index in [9.17, 15) is 4.79 Å². The number of nitrogens with zero attached hydrogens (tertiary/aromatic N) is 4. The van der Waals surface area contributed by atoms with E-state index in [-0.39, 0.29) is 5.78 Å². The van der Waals surface area contributed by atoms with Crippen LogP contribution in [0.4, 0.5) is 5.69 Å². The zero-order valence-corrected chi connectivity index (χ0v) is 25.2. The number of piperazine rings is 1. The first-order valence-electron chi connectivity index (χ1n) is 14.8. The molecule has 0 saturated carbocycles.